The number of carbonyl (C=O) groups excluding carboxylic acids is 2. The lowest BCUT2D eigenvalue weighted by molar-refractivity contribution is -0.870. The molecule has 9 nitrogen and oxygen atoms in total. The third-order valence-electron chi connectivity index (χ3n) is 11.6. The van der Waals surface area contributed by atoms with Gasteiger partial charge in [0.15, 0.2) is 6.10 Å². The predicted molar refractivity (Wildman–Crippen MR) is 268 cm³/mol. The normalized spacial score (nSPS) is 13.7. The molecule has 0 aliphatic rings. The number of ether oxygens (including phenoxy) is 2. The summed E-state index contributed by atoms with van der Waals surface area (Å²) in [6, 6.07) is 0. The molecule has 0 heterocycles. The number of carbonyl (C=O) groups is 2. The summed E-state index contributed by atoms with van der Waals surface area (Å²) in [6.07, 6.45) is 54.8. The van der Waals surface area contributed by atoms with E-state index in [1.807, 2.05) is 21.1 Å². The highest BCUT2D eigenvalue weighted by molar-refractivity contribution is 7.45. The average Bonchev–Trinajstić information content (AvgIpc) is 3.25. The zero-order chi connectivity index (χ0) is 47.1. The molecule has 0 aromatic heterocycles. The number of quaternary nitrogens is 1. The van der Waals surface area contributed by atoms with Crippen LogP contribution in [0, 0.1) is 0 Å². The third kappa shape index (κ3) is 49.7. The molecule has 10 heteroatoms. The van der Waals surface area contributed by atoms with Crippen LogP contribution >= 0.6 is 7.82 Å². The molecule has 0 bridgehead atoms. The van der Waals surface area contributed by atoms with Crippen molar-refractivity contribution in [2.24, 2.45) is 0 Å². The van der Waals surface area contributed by atoms with Gasteiger partial charge in [0, 0.05) is 12.8 Å². The smallest absolute Gasteiger partial charge is 0.306 e. The molecule has 0 saturated heterocycles. The van der Waals surface area contributed by atoms with Gasteiger partial charge < -0.3 is 27.9 Å². The van der Waals surface area contributed by atoms with Crippen LogP contribution in [0.3, 0.4) is 0 Å². The van der Waals surface area contributed by atoms with Crippen molar-refractivity contribution < 1.29 is 42.1 Å². The van der Waals surface area contributed by atoms with E-state index in [1.54, 1.807) is 0 Å². The van der Waals surface area contributed by atoms with Gasteiger partial charge in [-0.15, -0.1) is 0 Å². The fourth-order valence-corrected chi connectivity index (χ4v) is 8.18. The molecule has 0 amide bonds. The standard InChI is InChI=1S/C54H102NO8P/c1-6-8-10-12-14-16-18-20-22-24-25-26-27-28-29-31-33-35-37-39-41-43-45-47-54(57)63-52(51-62-64(58,59)61-49-48-55(3,4)5)50-60-53(56)46-44-42-40-38-36-34-32-30-23-21-19-17-15-13-11-9-7-2/h15,17,21,23,39,41,52H,6-14,16,18-20,22,24-38,40,42-51H2,1-5H3/b17-15+,23-21+,41-39+/t52-/m1/s1. The van der Waals surface area contributed by atoms with Crippen LogP contribution in [0.4, 0.5) is 0 Å². The van der Waals surface area contributed by atoms with Gasteiger partial charge in [0.1, 0.15) is 19.8 Å². The Hall–Kier alpha value is -1.77. The van der Waals surface area contributed by atoms with E-state index in [-0.39, 0.29) is 26.1 Å². The first-order valence-corrected chi connectivity index (χ1v) is 28.2. The monoisotopic (exact) mass is 924 g/mol. The van der Waals surface area contributed by atoms with Crippen molar-refractivity contribution in [3.63, 3.8) is 0 Å². The second-order valence-electron chi connectivity index (χ2n) is 19.2. The van der Waals surface area contributed by atoms with E-state index in [0.29, 0.717) is 17.4 Å². The first kappa shape index (κ1) is 62.2. The van der Waals surface area contributed by atoms with Crippen LogP contribution in [0.25, 0.3) is 0 Å². The lowest BCUT2D eigenvalue weighted by atomic mass is 10.0. The van der Waals surface area contributed by atoms with Gasteiger partial charge in [-0.3, -0.25) is 14.2 Å². The maximum absolute atomic E-state index is 12.7. The van der Waals surface area contributed by atoms with Crippen LogP contribution in [0.2, 0.25) is 0 Å². The molecular formula is C54H102NO8P. The summed E-state index contributed by atoms with van der Waals surface area (Å²) in [7, 11) is 1.15. The van der Waals surface area contributed by atoms with Crippen LogP contribution < -0.4 is 4.89 Å². The number of hydrogen-bond acceptors (Lipinski definition) is 8. The van der Waals surface area contributed by atoms with Crippen molar-refractivity contribution in [1.82, 2.24) is 0 Å². The number of hydrogen-bond donors (Lipinski definition) is 0. The first-order valence-electron chi connectivity index (χ1n) is 26.7. The first-order chi connectivity index (χ1) is 31.0. The second kappa shape index (κ2) is 46.3. The van der Waals surface area contributed by atoms with E-state index in [2.05, 4.69) is 50.3 Å². The van der Waals surface area contributed by atoms with Gasteiger partial charge in [0.05, 0.1) is 27.7 Å². The Balaban J connectivity index is 4.24. The summed E-state index contributed by atoms with van der Waals surface area (Å²) in [5, 5.41) is 0. The zero-order valence-corrected chi connectivity index (χ0v) is 43.4. The van der Waals surface area contributed by atoms with Crippen molar-refractivity contribution >= 4 is 19.8 Å². The topological polar surface area (TPSA) is 111 Å². The maximum Gasteiger partial charge on any atom is 0.306 e. The van der Waals surface area contributed by atoms with E-state index >= 15 is 0 Å². The summed E-state index contributed by atoms with van der Waals surface area (Å²) in [6.45, 7) is 4.20. The second-order valence-corrected chi connectivity index (χ2v) is 20.6. The van der Waals surface area contributed by atoms with Gasteiger partial charge in [0.2, 0.25) is 0 Å². The number of rotatable bonds is 49. The molecule has 0 radical (unpaired) electrons. The number of nitrogens with zero attached hydrogens (tertiary/aromatic N) is 1. The van der Waals surface area contributed by atoms with E-state index in [9.17, 15) is 19.0 Å². The van der Waals surface area contributed by atoms with Crippen LogP contribution in [0.5, 0.6) is 0 Å². The molecule has 1 unspecified atom stereocenters. The Morgan fingerprint density at radius 1 is 0.484 bits per heavy atom. The Labute approximate surface area is 395 Å². The fourth-order valence-electron chi connectivity index (χ4n) is 7.46. The minimum atomic E-state index is -4.64. The highest BCUT2D eigenvalue weighted by Gasteiger charge is 2.21. The van der Waals surface area contributed by atoms with Crippen molar-refractivity contribution in [3.8, 4) is 0 Å². The highest BCUT2D eigenvalue weighted by atomic mass is 31.2. The highest BCUT2D eigenvalue weighted by Crippen LogP contribution is 2.38. The van der Waals surface area contributed by atoms with Gasteiger partial charge in [-0.05, 0) is 64.2 Å². The molecule has 0 fully saturated rings. The molecule has 0 aromatic rings. The largest absolute Gasteiger partial charge is 0.756 e. The van der Waals surface area contributed by atoms with Crippen LogP contribution in [-0.4, -0.2) is 70.0 Å². The fraction of sp³-hybridized carbons (Fsp3) is 0.852. The summed E-state index contributed by atoms with van der Waals surface area (Å²) in [5.41, 5.74) is 0. The SMILES string of the molecule is CCCCC/C=C/C/C=C/CCCCCCCCCC(=O)OC[C@H](COP(=O)([O-])OCC[N+](C)(C)C)OC(=O)CCC/C=C/CCCCCCCCCCCCCCCCCCCC. The lowest BCUT2D eigenvalue weighted by Gasteiger charge is -2.28. The Kier molecular flexibility index (Phi) is 45.1. The third-order valence-corrected chi connectivity index (χ3v) is 12.6. The van der Waals surface area contributed by atoms with E-state index in [1.165, 1.54) is 161 Å². The zero-order valence-electron chi connectivity index (χ0n) is 42.5. The molecular weight excluding hydrogens is 822 g/mol. The van der Waals surface area contributed by atoms with Gasteiger partial charge in [-0.1, -0.05) is 204 Å². The Morgan fingerprint density at radius 2 is 0.859 bits per heavy atom. The summed E-state index contributed by atoms with van der Waals surface area (Å²) in [5.74, 6) is -0.873. The van der Waals surface area contributed by atoms with Gasteiger partial charge in [-0.25, -0.2) is 0 Å². The van der Waals surface area contributed by atoms with Crippen LogP contribution in [0.15, 0.2) is 36.5 Å². The molecule has 0 spiro atoms. The summed E-state index contributed by atoms with van der Waals surface area (Å²) < 4.78 is 34.0. The van der Waals surface area contributed by atoms with Crippen LogP contribution in [-0.2, 0) is 32.7 Å². The molecule has 0 aliphatic heterocycles. The summed E-state index contributed by atoms with van der Waals surface area (Å²) in [4.78, 5) is 37.7. The average molecular weight is 924 g/mol. The number of allylic oxidation sites excluding steroid dienone is 6. The number of esters is 2. The van der Waals surface area contributed by atoms with Crippen molar-refractivity contribution in [2.45, 2.75) is 251 Å². The molecule has 0 rings (SSSR count). The Bertz CT molecular complexity index is 1180. The molecule has 64 heavy (non-hydrogen) atoms. The van der Waals surface area contributed by atoms with Gasteiger partial charge in [-0.2, -0.15) is 0 Å². The van der Waals surface area contributed by atoms with Crippen LogP contribution in [0.1, 0.15) is 245 Å². The van der Waals surface area contributed by atoms with E-state index in [4.69, 9.17) is 18.5 Å². The van der Waals surface area contributed by atoms with Gasteiger partial charge >= 0.3 is 11.9 Å². The van der Waals surface area contributed by atoms with E-state index < -0.39 is 32.5 Å². The summed E-state index contributed by atoms with van der Waals surface area (Å²) >= 11 is 0. The number of likely N-dealkylation sites (N-methyl/N-ethyl adjacent to an activating group) is 1. The Morgan fingerprint density at radius 3 is 1.33 bits per heavy atom. The maximum atomic E-state index is 12.7. The minimum Gasteiger partial charge on any atom is -0.756 e. The number of phosphoric ester groups is 1. The lowest BCUT2D eigenvalue weighted by Crippen LogP contribution is -2.37. The number of unbranched alkanes of at least 4 members (excludes halogenated alkanes) is 29. The molecule has 0 aromatic carbocycles. The molecule has 376 valence electrons. The quantitative estimate of drug-likeness (QED) is 0.0195. The minimum absolute atomic E-state index is 0.0362. The molecule has 0 N–H and O–H groups in total. The molecule has 0 saturated carbocycles. The molecule has 2 atom stereocenters. The van der Waals surface area contributed by atoms with Crippen molar-refractivity contribution in [2.75, 3.05) is 47.5 Å². The van der Waals surface area contributed by atoms with E-state index in [0.717, 1.165) is 51.4 Å². The molecule has 0 aliphatic carbocycles. The van der Waals surface area contributed by atoms with Crippen molar-refractivity contribution in [3.05, 3.63) is 36.5 Å². The van der Waals surface area contributed by atoms with Crippen molar-refractivity contribution in [1.29, 1.82) is 0 Å². The van der Waals surface area contributed by atoms with Gasteiger partial charge in [0.25, 0.3) is 7.82 Å². The number of phosphoric acid groups is 1. The predicted octanol–water partition coefficient (Wildman–Crippen LogP) is 15.4.